The quantitative estimate of drug-likeness (QED) is 0.258. The first-order valence-electron chi connectivity index (χ1n) is 15.4. The highest BCUT2D eigenvalue weighted by atomic mass is 28.4. The van der Waals surface area contributed by atoms with Crippen LogP contribution in [0.2, 0.25) is 36.3 Å². The number of fused-ring (bicyclic) bond motifs is 5. The highest BCUT2D eigenvalue weighted by molar-refractivity contribution is 6.75. The summed E-state index contributed by atoms with van der Waals surface area (Å²) in [6, 6.07) is 4.56. The predicted molar refractivity (Wildman–Crippen MR) is 166 cm³/mol. The van der Waals surface area contributed by atoms with Gasteiger partial charge in [0.25, 0.3) is 8.32 Å². The van der Waals surface area contributed by atoms with Crippen LogP contribution in [0.5, 0.6) is 5.75 Å². The minimum atomic E-state index is -2.05. The molecule has 2 fully saturated rings. The number of aryl methyl sites for hydroxylation is 1. The summed E-state index contributed by atoms with van der Waals surface area (Å²) in [6.07, 6.45) is 8.22. The third kappa shape index (κ3) is 5.14. The van der Waals surface area contributed by atoms with Gasteiger partial charge < -0.3 is 8.85 Å². The second-order valence-electron chi connectivity index (χ2n) is 16.1. The molecule has 1 aromatic rings. The number of hydrogen-bond acceptors (Lipinski definition) is 3. The Morgan fingerprint density at radius 2 is 1.58 bits per heavy atom. The summed E-state index contributed by atoms with van der Waals surface area (Å²) in [4.78, 5) is 13.2. The van der Waals surface area contributed by atoms with E-state index in [2.05, 4.69) is 86.8 Å². The lowest BCUT2D eigenvalue weighted by Gasteiger charge is -2.52. The average Bonchev–Trinajstić information content (AvgIpc) is 3.11. The molecule has 1 aromatic carbocycles. The fraction of sp³-hybridized carbons (Fsp3) is 0.788. The van der Waals surface area contributed by atoms with Crippen molar-refractivity contribution in [1.82, 2.24) is 0 Å². The second-order valence-corrected chi connectivity index (χ2v) is 25.6. The molecule has 5 heteroatoms. The molecule has 0 bridgehead atoms. The van der Waals surface area contributed by atoms with Crippen LogP contribution in [-0.4, -0.2) is 28.5 Å². The molecule has 214 valence electrons. The lowest BCUT2D eigenvalue weighted by molar-refractivity contribution is -0.0165. The van der Waals surface area contributed by atoms with Gasteiger partial charge >= 0.3 is 0 Å². The summed E-state index contributed by atoms with van der Waals surface area (Å²) in [5.41, 5.74) is 4.00. The monoisotopic (exact) mass is 556 g/mol. The maximum atomic E-state index is 13.2. The summed E-state index contributed by atoms with van der Waals surface area (Å²) in [5.74, 6) is 3.05. The Morgan fingerprint density at radius 3 is 2.16 bits per heavy atom. The van der Waals surface area contributed by atoms with Crippen molar-refractivity contribution >= 4 is 22.4 Å². The number of carbonyl (C=O) groups excluding carboxylic acids is 1. The van der Waals surface area contributed by atoms with Gasteiger partial charge in [0.1, 0.15) is 5.75 Å². The minimum absolute atomic E-state index is 0.0971. The van der Waals surface area contributed by atoms with Crippen LogP contribution in [0, 0.1) is 17.3 Å². The third-order valence-corrected chi connectivity index (χ3v) is 20.6. The Hall–Kier alpha value is -0.916. The van der Waals surface area contributed by atoms with Crippen molar-refractivity contribution in [2.24, 2.45) is 17.3 Å². The van der Waals surface area contributed by atoms with Gasteiger partial charge in [-0.1, -0.05) is 55.4 Å². The standard InChI is InChI=1S/C33H56O3Si2/c1-13-28(34)26-21-25-22(20-29(26)35-37(9,10)31(2,3)4)14-15-24-23(25)18-19-33(8)27(24)16-17-30(33)36-38(11,12)32(5,6)7/h20-21,23-24,27,30H,13-19H2,1-12H3/t23?,24?,27?,30-,33-/m0/s1. The smallest absolute Gasteiger partial charge is 0.250 e. The molecule has 3 unspecified atom stereocenters. The van der Waals surface area contributed by atoms with E-state index in [1.54, 1.807) is 0 Å². The van der Waals surface area contributed by atoms with E-state index >= 15 is 0 Å². The molecule has 4 rings (SSSR count). The van der Waals surface area contributed by atoms with Crippen molar-refractivity contribution in [1.29, 1.82) is 0 Å². The second kappa shape index (κ2) is 9.87. The first-order valence-corrected chi connectivity index (χ1v) is 21.2. The number of Topliss-reactive ketones (excluding diaryl/α,β-unsaturated/α-hetero) is 1. The summed E-state index contributed by atoms with van der Waals surface area (Å²) in [6.45, 7) is 27.8. The van der Waals surface area contributed by atoms with Gasteiger partial charge in [-0.25, -0.2) is 0 Å². The Balaban J connectivity index is 1.65. The van der Waals surface area contributed by atoms with E-state index in [1.807, 2.05) is 6.92 Å². The van der Waals surface area contributed by atoms with Crippen LogP contribution in [-0.2, 0) is 10.8 Å². The van der Waals surface area contributed by atoms with Gasteiger partial charge in [-0.2, -0.15) is 0 Å². The van der Waals surface area contributed by atoms with Crippen molar-refractivity contribution < 1.29 is 13.6 Å². The zero-order chi connectivity index (χ0) is 28.5. The largest absolute Gasteiger partial charge is 0.543 e. The molecular formula is C33H56O3Si2. The number of hydrogen-bond donors (Lipinski definition) is 0. The van der Waals surface area contributed by atoms with Crippen molar-refractivity contribution in [2.45, 2.75) is 149 Å². The molecule has 5 atom stereocenters. The van der Waals surface area contributed by atoms with Crippen LogP contribution in [0.25, 0.3) is 0 Å². The van der Waals surface area contributed by atoms with E-state index in [-0.39, 0.29) is 21.3 Å². The molecule has 0 spiro atoms. The summed E-state index contributed by atoms with van der Waals surface area (Å²) in [5, 5.41) is 0.342. The highest BCUT2D eigenvalue weighted by Crippen LogP contribution is 2.62. The minimum Gasteiger partial charge on any atom is -0.543 e. The van der Waals surface area contributed by atoms with Crippen LogP contribution in [0.4, 0.5) is 0 Å². The van der Waals surface area contributed by atoms with E-state index in [0.717, 1.165) is 23.7 Å². The molecule has 3 aliphatic carbocycles. The molecule has 0 heterocycles. The molecule has 0 aromatic heterocycles. The van der Waals surface area contributed by atoms with Gasteiger partial charge in [0.05, 0.1) is 11.7 Å². The van der Waals surface area contributed by atoms with Crippen LogP contribution in [0.15, 0.2) is 12.1 Å². The average molecular weight is 557 g/mol. The molecule has 0 radical (unpaired) electrons. The van der Waals surface area contributed by atoms with Gasteiger partial charge in [0.2, 0.25) is 0 Å². The van der Waals surface area contributed by atoms with Crippen LogP contribution >= 0.6 is 0 Å². The normalized spacial score (nSPS) is 29.9. The first kappa shape index (κ1) is 30.1. The van der Waals surface area contributed by atoms with E-state index < -0.39 is 16.6 Å². The van der Waals surface area contributed by atoms with E-state index in [4.69, 9.17) is 8.85 Å². The Bertz CT molecular complexity index is 1060. The van der Waals surface area contributed by atoms with Gasteiger partial charge in [-0.05, 0) is 121 Å². The van der Waals surface area contributed by atoms with Crippen LogP contribution in [0.3, 0.4) is 0 Å². The van der Waals surface area contributed by atoms with Crippen molar-refractivity contribution in [3.63, 3.8) is 0 Å². The summed E-state index contributed by atoms with van der Waals surface area (Å²) >= 11 is 0. The zero-order valence-corrected chi connectivity index (χ0v) is 28.6. The van der Waals surface area contributed by atoms with Gasteiger partial charge in [-0.3, -0.25) is 4.79 Å². The van der Waals surface area contributed by atoms with Gasteiger partial charge in [0.15, 0.2) is 14.1 Å². The summed E-state index contributed by atoms with van der Waals surface area (Å²) < 4.78 is 13.9. The van der Waals surface area contributed by atoms with E-state index in [0.29, 0.717) is 24.4 Å². The molecule has 2 saturated carbocycles. The van der Waals surface area contributed by atoms with E-state index in [1.165, 1.54) is 43.2 Å². The number of carbonyl (C=O) groups is 1. The van der Waals surface area contributed by atoms with E-state index in [9.17, 15) is 4.79 Å². The van der Waals surface area contributed by atoms with Gasteiger partial charge in [-0.15, -0.1) is 0 Å². The van der Waals surface area contributed by atoms with Crippen LogP contribution in [0.1, 0.15) is 121 Å². The Kier molecular flexibility index (Phi) is 7.81. The summed E-state index contributed by atoms with van der Waals surface area (Å²) in [7, 11) is -3.85. The van der Waals surface area contributed by atoms with Gasteiger partial charge in [0, 0.05) is 6.42 Å². The van der Waals surface area contributed by atoms with Crippen molar-refractivity contribution in [3.05, 3.63) is 28.8 Å². The molecule has 0 aliphatic heterocycles. The molecule has 0 N–H and O–H groups in total. The maximum absolute atomic E-state index is 13.2. The Labute approximate surface area is 236 Å². The molecule has 38 heavy (non-hydrogen) atoms. The number of rotatable bonds is 6. The lowest BCUT2D eigenvalue weighted by Crippen LogP contribution is -2.50. The fourth-order valence-electron chi connectivity index (χ4n) is 7.20. The highest BCUT2D eigenvalue weighted by Gasteiger charge is 2.57. The SMILES string of the molecule is CCC(=O)c1cc2c(cc1O[Si](C)(C)C(C)(C)C)CCC1C2CC[C@@]2(C)C1CC[C@@H]2O[Si](C)(C)C(C)(C)C. The molecule has 3 aliphatic rings. The fourth-order valence-corrected chi connectivity index (χ4v) is 9.67. The molecular weight excluding hydrogens is 501 g/mol. The molecule has 0 saturated heterocycles. The van der Waals surface area contributed by atoms with Crippen molar-refractivity contribution in [3.8, 4) is 5.75 Å². The third-order valence-electron chi connectivity index (χ3n) is 11.8. The number of benzene rings is 1. The molecule has 0 amide bonds. The Morgan fingerprint density at radius 1 is 0.947 bits per heavy atom. The first-order chi connectivity index (χ1) is 17.3. The predicted octanol–water partition coefficient (Wildman–Crippen LogP) is 9.91. The van der Waals surface area contributed by atoms with Crippen LogP contribution < -0.4 is 4.43 Å². The van der Waals surface area contributed by atoms with Crippen molar-refractivity contribution in [2.75, 3.05) is 0 Å². The molecule has 3 nitrogen and oxygen atoms in total. The topological polar surface area (TPSA) is 35.5 Å². The lowest BCUT2D eigenvalue weighted by atomic mass is 9.55. The number of ketones is 1. The zero-order valence-electron chi connectivity index (χ0n) is 26.6. The maximum Gasteiger partial charge on any atom is 0.250 e.